The number of benzene rings is 2. The van der Waals surface area contributed by atoms with E-state index < -0.39 is 0 Å². The van der Waals surface area contributed by atoms with Crippen LogP contribution >= 0.6 is 0 Å². The first-order valence-corrected chi connectivity index (χ1v) is 7.34. The summed E-state index contributed by atoms with van der Waals surface area (Å²) in [4.78, 5) is 0. The molecule has 0 aliphatic carbocycles. The van der Waals surface area contributed by atoms with Gasteiger partial charge in [-0.3, -0.25) is 0 Å². The molecule has 0 radical (unpaired) electrons. The molecule has 0 fully saturated rings. The van der Waals surface area contributed by atoms with Gasteiger partial charge in [-0.2, -0.15) is 0 Å². The summed E-state index contributed by atoms with van der Waals surface area (Å²) < 4.78 is 19.4. The van der Waals surface area contributed by atoms with Crippen LogP contribution in [-0.2, 0) is 6.54 Å². The number of hydrogen-bond acceptors (Lipinski definition) is 2. The van der Waals surface area contributed by atoms with E-state index in [-0.39, 0.29) is 5.82 Å². The zero-order valence-electron chi connectivity index (χ0n) is 12.9. The van der Waals surface area contributed by atoms with Gasteiger partial charge in [-0.15, -0.1) is 0 Å². The standard InChI is InChI=1S/C18H22FNO/c1-4-9-20-12-15-7-5-14(3)18(10-15)21-16-8-6-13(2)17(19)11-16/h5-8,10-11,20H,4,9,12H2,1-3H3. The molecule has 0 aromatic heterocycles. The molecule has 0 unspecified atom stereocenters. The third kappa shape index (κ3) is 4.30. The second-order valence-electron chi connectivity index (χ2n) is 5.29. The van der Waals surface area contributed by atoms with E-state index in [4.69, 9.17) is 4.74 Å². The summed E-state index contributed by atoms with van der Waals surface area (Å²) in [5.74, 6) is 1.06. The Kier molecular flexibility index (Phi) is 5.34. The van der Waals surface area contributed by atoms with Gasteiger partial charge in [0.1, 0.15) is 17.3 Å². The van der Waals surface area contributed by atoms with Crippen molar-refractivity contribution in [1.82, 2.24) is 5.32 Å². The van der Waals surface area contributed by atoms with Gasteiger partial charge in [-0.25, -0.2) is 4.39 Å². The largest absolute Gasteiger partial charge is 0.457 e. The van der Waals surface area contributed by atoms with Crippen LogP contribution in [0, 0.1) is 19.7 Å². The van der Waals surface area contributed by atoms with Crippen molar-refractivity contribution >= 4 is 0 Å². The highest BCUT2D eigenvalue weighted by molar-refractivity contribution is 5.40. The summed E-state index contributed by atoms with van der Waals surface area (Å²) in [6.45, 7) is 7.68. The summed E-state index contributed by atoms with van der Waals surface area (Å²) in [7, 11) is 0. The number of halogens is 1. The molecule has 3 heteroatoms. The monoisotopic (exact) mass is 287 g/mol. The van der Waals surface area contributed by atoms with E-state index in [9.17, 15) is 4.39 Å². The van der Waals surface area contributed by atoms with Gasteiger partial charge in [0.15, 0.2) is 0 Å². The summed E-state index contributed by atoms with van der Waals surface area (Å²) in [6.07, 6.45) is 1.11. The molecule has 2 aromatic carbocycles. The zero-order valence-corrected chi connectivity index (χ0v) is 12.9. The lowest BCUT2D eigenvalue weighted by atomic mass is 10.1. The molecular weight excluding hydrogens is 265 g/mol. The van der Waals surface area contributed by atoms with Crippen LogP contribution in [0.4, 0.5) is 4.39 Å². The molecule has 1 N–H and O–H groups in total. The molecule has 0 amide bonds. The van der Waals surface area contributed by atoms with Crippen LogP contribution in [0.15, 0.2) is 36.4 Å². The van der Waals surface area contributed by atoms with Crippen molar-refractivity contribution in [3.8, 4) is 11.5 Å². The maximum absolute atomic E-state index is 13.6. The van der Waals surface area contributed by atoms with E-state index in [2.05, 4.69) is 18.3 Å². The number of rotatable bonds is 6. The Morgan fingerprint density at radius 2 is 1.81 bits per heavy atom. The fourth-order valence-electron chi connectivity index (χ4n) is 2.04. The third-order valence-corrected chi connectivity index (χ3v) is 3.38. The van der Waals surface area contributed by atoms with Crippen LogP contribution in [0.5, 0.6) is 11.5 Å². The van der Waals surface area contributed by atoms with Crippen LogP contribution in [0.3, 0.4) is 0 Å². The minimum absolute atomic E-state index is 0.245. The van der Waals surface area contributed by atoms with Crippen molar-refractivity contribution in [2.45, 2.75) is 33.7 Å². The van der Waals surface area contributed by atoms with Gasteiger partial charge in [-0.05, 0) is 55.6 Å². The van der Waals surface area contributed by atoms with E-state index in [1.807, 2.05) is 19.1 Å². The maximum Gasteiger partial charge on any atom is 0.130 e. The minimum atomic E-state index is -0.245. The first-order valence-electron chi connectivity index (χ1n) is 7.34. The number of ether oxygens (including phenoxy) is 1. The summed E-state index contributed by atoms with van der Waals surface area (Å²) in [5.41, 5.74) is 2.82. The number of nitrogens with one attached hydrogen (secondary N) is 1. The molecule has 0 aliphatic rings. The fourth-order valence-corrected chi connectivity index (χ4v) is 2.04. The van der Waals surface area contributed by atoms with Crippen LogP contribution in [0.25, 0.3) is 0 Å². The van der Waals surface area contributed by atoms with E-state index in [1.54, 1.807) is 19.1 Å². The Morgan fingerprint density at radius 3 is 2.52 bits per heavy atom. The predicted octanol–water partition coefficient (Wildman–Crippen LogP) is 4.73. The fraction of sp³-hybridized carbons (Fsp3) is 0.333. The van der Waals surface area contributed by atoms with Crippen molar-refractivity contribution in [3.05, 3.63) is 58.9 Å². The van der Waals surface area contributed by atoms with Crippen LogP contribution in [0.1, 0.15) is 30.0 Å². The van der Waals surface area contributed by atoms with Gasteiger partial charge < -0.3 is 10.1 Å². The topological polar surface area (TPSA) is 21.3 Å². The van der Waals surface area contributed by atoms with Crippen molar-refractivity contribution in [3.63, 3.8) is 0 Å². The SMILES string of the molecule is CCCNCc1ccc(C)c(Oc2ccc(C)c(F)c2)c1. The van der Waals surface area contributed by atoms with Gasteiger partial charge in [0.05, 0.1) is 0 Å². The molecule has 0 bridgehead atoms. The van der Waals surface area contributed by atoms with Crippen molar-refractivity contribution in [1.29, 1.82) is 0 Å². The Morgan fingerprint density at radius 1 is 1.05 bits per heavy atom. The number of hydrogen-bond donors (Lipinski definition) is 1. The second kappa shape index (κ2) is 7.23. The molecule has 2 rings (SSSR count). The Balaban J connectivity index is 2.14. The molecule has 112 valence electrons. The molecular formula is C18H22FNO. The molecule has 2 nitrogen and oxygen atoms in total. The van der Waals surface area contributed by atoms with E-state index in [1.165, 1.54) is 6.07 Å². The second-order valence-corrected chi connectivity index (χ2v) is 5.29. The highest BCUT2D eigenvalue weighted by atomic mass is 19.1. The van der Waals surface area contributed by atoms with E-state index in [0.717, 1.165) is 36.4 Å². The molecule has 0 spiro atoms. The lowest BCUT2D eigenvalue weighted by Gasteiger charge is -2.12. The molecule has 0 saturated carbocycles. The van der Waals surface area contributed by atoms with Gasteiger partial charge in [0.25, 0.3) is 0 Å². The molecule has 0 aliphatic heterocycles. The van der Waals surface area contributed by atoms with Crippen molar-refractivity contribution < 1.29 is 9.13 Å². The van der Waals surface area contributed by atoms with Gasteiger partial charge in [0, 0.05) is 12.6 Å². The quantitative estimate of drug-likeness (QED) is 0.775. The van der Waals surface area contributed by atoms with Gasteiger partial charge >= 0.3 is 0 Å². The summed E-state index contributed by atoms with van der Waals surface area (Å²) in [6, 6.07) is 11.1. The van der Waals surface area contributed by atoms with Crippen LogP contribution in [-0.4, -0.2) is 6.54 Å². The highest BCUT2D eigenvalue weighted by Gasteiger charge is 2.05. The maximum atomic E-state index is 13.6. The van der Waals surface area contributed by atoms with Gasteiger partial charge in [0.2, 0.25) is 0 Å². The molecule has 0 saturated heterocycles. The Bertz CT molecular complexity index is 610. The lowest BCUT2D eigenvalue weighted by Crippen LogP contribution is -2.13. The predicted molar refractivity (Wildman–Crippen MR) is 84.4 cm³/mol. The van der Waals surface area contributed by atoms with Crippen LogP contribution < -0.4 is 10.1 Å². The lowest BCUT2D eigenvalue weighted by molar-refractivity contribution is 0.471. The van der Waals surface area contributed by atoms with E-state index in [0.29, 0.717) is 11.3 Å². The van der Waals surface area contributed by atoms with Gasteiger partial charge in [-0.1, -0.05) is 25.1 Å². The smallest absolute Gasteiger partial charge is 0.130 e. The molecule has 2 aromatic rings. The third-order valence-electron chi connectivity index (χ3n) is 3.38. The normalized spacial score (nSPS) is 10.7. The van der Waals surface area contributed by atoms with Crippen LogP contribution in [0.2, 0.25) is 0 Å². The first-order chi connectivity index (χ1) is 10.1. The Hall–Kier alpha value is -1.87. The minimum Gasteiger partial charge on any atom is -0.457 e. The zero-order chi connectivity index (χ0) is 15.2. The van der Waals surface area contributed by atoms with Crippen molar-refractivity contribution in [2.24, 2.45) is 0 Å². The average Bonchev–Trinajstić information content (AvgIpc) is 2.46. The van der Waals surface area contributed by atoms with Crippen molar-refractivity contribution in [2.75, 3.05) is 6.54 Å². The average molecular weight is 287 g/mol. The molecule has 0 atom stereocenters. The molecule has 21 heavy (non-hydrogen) atoms. The molecule has 0 heterocycles. The first kappa shape index (κ1) is 15.5. The summed E-state index contributed by atoms with van der Waals surface area (Å²) in [5, 5.41) is 3.36. The number of aryl methyl sites for hydroxylation is 2. The highest BCUT2D eigenvalue weighted by Crippen LogP contribution is 2.27. The summed E-state index contributed by atoms with van der Waals surface area (Å²) >= 11 is 0. The van der Waals surface area contributed by atoms with E-state index >= 15 is 0 Å². The Labute approximate surface area is 126 Å².